The zero-order valence-corrected chi connectivity index (χ0v) is 12.5. The first-order chi connectivity index (χ1) is 10.1. The van der Waals surface area contributed by atoms with Crippen molar-refractivity contribution in [2.75, 3.05) is 13.6 Å². The molecule has 1 aromatic carbocycles. The molecule has 0 saturated heterocycles. The molecule has 0 aliphatic heterocycles. The monoisotopic (exact) mass is 287 g/mol. The molecule has 1 N–H and O–H groups in total. The van der Waals surface area contributed by atoms with Gasteiger partial charge in [0.05, 0.1) is 16.6 Å². The van der Waals surface area contributed by atoms with Gasteiger partial charge < -0.3 is 14.6 Å². The van der Waals surface area contributed by atoms with E-state index in [1.807, 2.05) is 6.07 Å². The SMILES string of the molecule is CCc1nc2cccc(C(=O)O)c2n1CCN(C)C1CC1. The zero-order chi connectivity index (χ0) is 15.0. The normalized spacial score (nSPS) is 15.0. The van der Waals surface area contributed by atoms with E-state index in [1.54, 1.807) is 12.1 Å². The highest BCUT2D eigenvalue weighted by Crippen LogP contribution is 2.26. The number of aromatic nitrogens is 2. The van der Waals surface area contributed by atoms with Crippen molar-refractivity contribution in [1.29, 1.82) is 0 Å². The topological polar surface area (TPSA) is 58.4 Å². The maximum absolute atomic E-state index is 11.5. The number of rotatable bonds is 6. The number of carbonyl (C=O) groups is 1. The van der Waals surface area contributed by atoms with Crippen LogP contribution in [-0.4, -0.2) is 45.2 Å². The summed E-state index contributed by atoms with van der Waals surface area (Å²) in [6.45, 7) is 3.77. The van der Waals surface area contributed by atoms with Crippen molar-refractivity contribution in [3.05, 3.63) is 29.6 Å². The van der Waals surface area contributed by atoms with Crippen molar-refractivity contribution < 1.29 is 9.90 Å². The molecule has 0 atom stereocenters. The van der Waals surface area contributed by atoms with E-state index in [2.05, 4.69) is 28.4 Å². The van der Waals surface area contributed by atoms with Gasteiger partial charge in [0.25, 0.3) is 0 Å². The fourth-order valence-electron chi connectivity index (χ4n) is 2.87. The van der Waals surface area contributed by atoms with Gasteiger partial charge in [-0.2, -0.15) is 0 Å². The zero-order valence-electron chi connectivity index (χ0n) is 12.5. The first kappa shape index (κ1) is 14.1. The van der Waals surface area contributed by atoms with Crippen LogP contribution in [0.3, 0.4) is 0 Å². The second-order valence-electron chi connectivity index (χ2n) is 5.72. The first-order valence-electron chi connectivity index (χ1n) is 7.53. The van der Waals surface area contributed by atoms with E-state index in [0.717, 1.165) is 36.4 Å². The van der Waals surface area contributed by atoms with E-state index in [0.29, 0.717) is 11.6 Å². The molecule has 0 amide bonds. The van der Waals surface area contributed by atoms with Crippen molar-refractivity contribution in [3.8, 4) is 0 Å². The Morgan fingerprint density at radius 1 is 1.48 bits per heavy atom. The predicted octanol–water partition coefficient (Wildman–Crippen LogP) is 2.39. The molecular formula is C16H21N3O2. The summed E-state index contributed by atoms with van der Waals surface area (Å²) in [6, 6.07) is 6.03. The lowest BCUT2D eigenvalue weighted by atomic mass is 10.2. The third-order valence-electron chi connectivity index (χ3n) is 4.24. The number of benzene rings is 1. The van der Waals surface area contributed by atoms with Crippen LogP contribution in [0, 0.1) is 0 Å². The molecule has 0 radical (unpaired) electrons. The molecule has 5 nitrogen and oxygen atoms in total. The van der Waals surface area contributed by atoms with Crippen molar-refractivity contribution in [2.24, 2.45) is 0 Å². The van der Waals surface area contributed by atoms with Crippen molar-refractivity contribution in [2.45, 2.75) is 38.8 Å². The fraction of sp³-hybridized carbons (Fsp3) is 0.500. The number of imidazole rings is 1. The van der Waals surface area contributed by atoms with E-state index in [9.17, 15) is 9.90 Å². The molecule has 1 heterocycles. The van der Waals surface area contributed by atoms with Crippen LogP contribution < -0.4 is 0 Å². The summed E-state index contributed by atoms with van der Waals surface area (Å²) in [5.74, 6) is 0.0721. The number of hydrogen-bond acceptors (Lipinski definition) is 3. The molecule has 112 valence electrons. The van der Waals surface area contributed by atoms with E-state index in [-0.39, 0.29) is 0 Å². The van der Waals surface area contributed by atoms with E-state index < -0.39 is 5.97 Å². The number of hydrogen-bond donors (Lipinski definition) is 1. The van der Waals surface area contributed by atoms with Gasteiger partial charge in [0.15, 0.2) is 0 Å². The van der Waals surface area contributed by atoms with Gasteiger partial charge in [0, 0.05) is 25.6 Å². The van der Waals surface area contributed by atoms with Gasteiger partial charge in [-0.15, -0.1) is 0 Å². The Kier molecular flexibility index (Phi) is 3.68. The van der Waals surface area contributed by atoms with Gasteiger partial charge in [-0.1, -0.05) is 13.0 Å². The van der Waals surface area contributed by atoms with Crippen LogP contribution in [0.2, 0.25) is 0 Å². The lowest BCUT2D eigenvalue weighted by Crippen LogP contribution is -2.26. The molecule has 1 aromatic heterocycles. The molecule has 1 saturated carbocycles. The van der Waals surface area contributed by atoms with Crippen LogP contribution >= 0.6 is 0 Å². The van der Waals surface area contributed by atoms with Gasteiger partial charge in [0.1, 0.15) is 5.82 Å². The number of nitrogens with zero attached hydrogens (tertiary/aromatic N) is 3. The lowest BCUT2D eigenvalue weighted by Gasteiger charge is -2.17. The second kappa shape index (κ2) is 5.48. The van der Waals surface area contributed by atoms with Crippen molar-refractivity contribution in [1.82, 2.24) is 14.5 Å². The van der Waals surface area contributed by atoms with Crippen LogP contribution in [0.1, 0.15) is 35.9 Å². The van der Waals surface area contributed by atoms with Crippen molar-refractivity contribution in [3.63, 3.8) is 0 Å². The van der Waals surface area contributed by atoms with Crippen LogP contribution in [-0.2, 0) is 13.0 Å². The molecule has 5 heteroatoms. The van der Waals surface area contributed by atoms with E-state index >= 15 is 0 Å². The maximum atomic E-state index is 11.5. The third kappa shape index (κ3) is 2.65. The number of likely N-dealkylation sites (N-methyl/N-ethyl adjacent to an activating group) is 1. The van der Waals surface area contributed by atoms with Gasteiger partial charge >= 0.3 is 5.97 Å². The summed E-state index contributed by atoms with van der Waals surface area (Å²) in [5.41, 5.74) is 1.88. The Labute approximate surface area is 124 Å². The van der Waals surface area contributed by atoms with Gasteiger partial charge in [-0.05, 0) is 32.0 Å². The molecule has 1 fully saturated rings. The largest absolute Gasteiger partial charge is 0.478 e. The highest BCUT2D eigenvalue weighted by molar-refractivity contribution is 6.01. The summed E-state index contributed by atoms with van der Waals surface area (Å²) in [7, 11) is 2.14. The molecule has 1 aliphatic rings. The Morgan fingerprint density at radius 2 is 2.24 bits per heavy atom. The predicted molar refractivity (Wildman–Crippen MR) is 81.7 cm³/mol. The van der Waals surface area contributed by atoms with Crippen LogP contribution in [0.5, 0.6) is 0 Å². The molecule has 1 aliphatic carbocycles. The molecular weight excluding hydrogens is 266 g/mol. The summed E-state index contributed by atoms with van der Waals surface area (Å²) >= 11 is 0. The number of carboxylic acid groups (broad SMARTS) is 1. The minimum Gasteiger partial charge on any atom is -0.478 e. The number of aromatic carboxylic acids is 1. The first-order valence-corrected chi connectivity index (χ1v) is 7.53. The average molecular weight is 287 g/mol. The number of carboxylic acids is 1. The second-order valence-corrected chi connectivity index (χ2v) is 5.72. The Hall–Kier alpha value is -1.88. The minimum absolute atomic E-state index is 0.341. The van der Waals surface area contributed by atoms with E-state index in [1.165, 1.54) is 12.8 Å². The third-order valence-corrected chi connectivity index (χ3v) is 4.24. The Bertz CT molecular complexity index is 673. The average Bonchev–Trinajstić information content (AvgIpc) is 3.25. The number of fused-ring (bicyclic) bond motifs is 1. The molecule has 21 heavy (non-hydrogen) atoms. The molecule has 0 spiro atoms. The highest BCUT2D eigenvalue weighted by Gasteiger charge is 2.26. The quantitative estimate of drug-likeness (QED) is 0.886. The summed E-state index contributed by atoms with van der Waals surface area (Å²) in [6.07, 6.45) is 3.37. The van der Waals surface area contributed by atoms with Crippen LogP contribution in [0.25, 0.3) is 11.0 Å². The minimum atomic E-state index is -0.889. The maximum Gasteiger partial charge on any atom is 0.337 e. The molecule has 2 aromatic rings. The van der Waals surface area contributed by atoms with Gasteiger partial charge in [-0.3, -0.25) is 0 Å². The lowest BCUT2D eigenvalue weighted by molar-refractivity contribution is 0.0698. The summed E-state index contributed by atoms with van der Waals surface area (Å²) < 4.78 is 2.08. The Balaban J connectivity index is 1.99. The van der Waals surface area contributed by atoms with Gasteiger partial charge in [-0.25, -0.2) is 9.78 Å². The van der Waals surface area contributed by atoms with Crippen LogP contribution in [0.15, 0.2) is 18.2 Å². The number of aryl methyl sites for hydroxylation is 1. The standard InChI is InChI=1S/C16H21N3O2/c1-3-14-17-13-6-4-5-12(16(20)21)15(13)19(14)10-9-18(2)11-7-8-11/h4-6,11H,3,7-10H2,1-2H3,(H,20,21). The fourth-order valence-corrected chi connectivity index (χ4v) is 2.87. The van der Waals surface area contributed by atoms with Crippen molar-refractivity contribution >= 4 is 17.0 Å². The van der Waals surface area contributed by atoms with E-state index in [4.69, 9.17) is 0 Å². The Morgan fingerprint density at radius 3 is 2.86 bits per heavy atom. The molecule has 3 rings (SSSR count). The molecule has 0 unspecified atom stereocenters. The number of para-hydroxylation sites is 1. The summed E-state index contributed by atoms with van der Waals surface area (Å²) in [4.78, 5) is 18.4. The molecule has 0 bridgehead atoms. The summed E-state index contributed by atoms with van der Waals surface area (Å²) in [5, 5.41) is 9.41. The highest BCUT2D eigenvalue weighted by atomic mass is 16.4. The van der Waals surface area contributed by atoms with Crippen LogP contribution in [0.4, 0.5) is 0 Å². The van der Waals surface area contributed by atoms with Gasteiger partial charge in [0.2, 0.25) is 0 Å². The smallest absolute Gasteiger partial charge is 0.337 e.